The number of nitrogens with one attached hydrogen (secondary N) is 1. The van der Waals surface area contributed by atoms with Gasteiger partial charge in [0.15, 0.2) is 0 Å². The van der Waals surface area contributed by atoms with E-state index in [1.807, 2.05) is 105 Å². The van der Waals surface area contributed by atoms with Crippen LogP contribution in [0.2, 0.25) is 16.6 Å². The molecule has 4 nitrogen and oxygen atoms in total. The summed E-state index contributed by atoms with van der Waals surface area (Å²) in [5.41, 5.74) is 3.97. The quantitative estimate of drug-likeness (QED) is 0.145. The summed E-state index contributed by atoms with van der Waals surface area (Å²) in [6.07, 6.45) is -0.598. The molecule has 0 saturated heterocycles. The van der Waals surface area contributed by atoms with Crippen LogP contribution >= 0.6 is 0 Å². The zero-order valence-electron chi connectivity index (χ0n) is 28.2. The number of hydrogen-bond donors (Lipinski definition) is 1. The zero-order valence-corrected chi connectivity index (χ0v) is 30.8. The lowest BCUT2D eigenvalue weighted by molar-refractivity contribution is 0.0858. The molecule has 4 rings (SSSR count). The van der Waals surface area contributed by atoms with E-state index in [2.05, 4.69) is 65.3 Å². The van der Waals surface area contributed by atoms with E-state index in [9.17, 15) is 8.42 Å². The van der Waals surface area contributed by atoms with Crippen LogP contribution in [0, 0.1) is 13.8 Å². The summed E-state index contributed by atoms with van der Waals surface area (Å²) in [5.74, 6) is 0. The molecule has 0 heterocycles. The van der Waals surface area contributed by atoms with Crippen molar-refractivity contribution >= 4 is 30.1 Å². The first-order valence-corrected chi connectivity index (χ1v) is 20.3. The molecular formula is C38H49NO3S2Si. The Labute approximate surface area is 277 Å². The van der Waals surface area contributed by atoms with Crippen molar-refractivity contribution in [3.63, 3.8) is 0 Å². The molecule has 7 heteroatoms. The van der Waals surface area contributed by atoms with Gasteiger partial charge in [0.1, 0.15) is 11.0 Å². The fraction of sp³-hybridized carbons (Fsp3) is 0.368. The molecule has 4 aromatic rings. The summed E-state index contributed by atoms with van der Waals surface area (Å²) >= 11 is 0. The van der Waals surface area contributed by atoms with Crippen LogP contribution in [0.4, 0.5) is 0 Å². The van der Waals surface area contributed by atoms with Gasteiger partial charge in [-0.25, -0.2) is 13.1 Å². The van der Waals surface area contributed by atoms with E-state index in [-0.39, 0.29) is 0 Å². The van der Waals surface area contributed by atoms with Gasteiger partial charge in [-0.2, -0.15) is 0 Å². The largest absolute Gasteiger partial charge is 0.407 e. The van der Waals surface area contributed by atoms with Gasteiger partial charge >= 0.3 is 0 Å². The first kappa shape index (κ1) is 35.2. The maximum Gasteiger partial charge on any atom is 0.201 e. The second-order valence-corrected chi connectivity index (χ2v) is 21.3. The van der Waals surface area contributed by atoms with Crippen molar-refractivity contribution in [3.8, 4) is 0 Å². The number of hydrogen-bond acceptors (Lipinski definition) is 3. The summed E-state index contributed by atoms with van der Waals surface area (Å²) < 4.78 is 39.9. The minimum Gasteiger partial charge on any atom is -0.407 e. The second-order valence-electron chi connectivity index (χ2n) is 13.2. The lowest BCUT2D eigenvalue weighted by atomic mass is 9.84. The number of rotatable bonds is 13. The van der Waals surface area contributed by atoms with Crippen LogP contribution < -0.4 is 4.72 Å². The molecule has 0 aliphatic heterocycles. The maximum atomic E-state index is 14.4. The predicted octanol–water partition coefficient (Wildman–Crippen LogP) is 9.93. The Kier molecular flexibility index (Phi) is 11.6. The van der Waals surface area contributed by atoms with Crippen LogP contribution in [0.15, 0.2) is 118 Å². The van der Waals surface area contributed by atoms with Crippen molar-refractivity contribution in [1.29, 1.82) is 0 Å². The van der Waals surface area contributed by atoms with Gasteiger partial charge in [-0.3, -0.25) is 0 Å². The normalized spacial score (nSPS) is 15.6. The Morgan fingerprint density at radius 3 is 1.62 bits per heavy atom. The minimum atomic E-state index is -2.54. The van der Waals surface area contributed by atoms with Gasteiger partial charge in [0, 0.05) is 9.79 Å². The lowest BCUT2D eigenvalue weighted by Gasteiger charge is -2.49. The van der Waals surface area contributed by atoms with Crippen LogP contribution in [0.1, 0.15) is 76.8 Å². The maximum absolute atomic E-state index is 14.4. The molecule has 4 aromatic carbocycles. The second kappa shape index (κ2) is 14.8. The Morgan fingerprint density at radius 2 is 1.11 bits per heavy atom. The van der Waals surface area contributed by atoms with E-state index in [1.165, 1.54) is 0 Å². The van der Waals surface area contributed by atoms with Crippen molar-refractivity contribution in [2.45, 2.75) is 105 Å². The number of aryl methyl sites for hydroxylation is 2. The van der Waals surface area contributed by atoms with Crippen LogP contribution in [-0.4, -0.2) is 16.7 Å². The molecule has 0 fully saturated rings. The van der Waals surface area contributed by atoms with Crippen LogP contribution in [0.3, 0.4) is 0 Å². The summed E-state index contributed by atoms with van der Waals surface area (Å²) in [7, 11) is -5.56. The molecule has 45 heavy (non-hydrogen) atoms. The molecule has 240 valence electrons. The van der Waals surface area contributed by atoms with Crippen LogP contribution in [-0.2, 0) is 31.8 Å². The Morgan fingerprint density at radius 1 is 0.644 bits per heavy atom. The minimum absolute atomic E-state index is 0.303. The molecule has 0 aliphatic rings. The Balaban J connectivity index is 2.00. The molecular weight excluding hydrogens is 611 g/mol. The molecule has 0 aliphatic carbocycles. The highest BCUT2D eigenvalue weighted by atomic mass is 32.2. The predicted molar refractivity (Wildman–Crippen MR) is 192 cm³/mol. The molecule has 0 radical (unpaired) electrons. The van der Waals surface area contributed by atoms with Crippen molar-refractivity contribution < 1.29 is 12.8 Å². The third kappa shape index (κ3) is 7.49. The molecule has 0 bridgehead atoms. The average Bonchev–Trinajstić information content (AvgIpc) is 3.01. The van der Waals surface area contributed by atoms with Gasteiger partial charge in [-0.15, -0.1) is 0 Å². The highest BCUT2D eigenvalue weighted by molar-refractivity contribution is 7.85. The molecule has 0 spiro atoms. The van der Waals surface area contributed by atoms with Crippen molar-refractivity contribution in [3.05, 3.63) is 125 Å². The third-order valence-corrected chi connectivity index (χ3v) is 17.9. The highest BCUT2D eigenvalue weighted by Gasteiger charge is 2.51. The summed E-state index contributed by atoms with van der Waals surface area (Å²) in [4.78, 5) is 2.14. The van der Waals surface area contributed by atoms with E-state index in [0.29, 0.717) is 26.4 Å². The van der Waals surface area contributed by atoms with Crippen LogP contribution in [0.25, 0.3) is 0 Å². The smallest absolute Gasteiger partial charge is 0.201 e. The molecule has 1 N–H and O–H groups in total. The van der Waals surface area contributed by atoms with Gasteiger partial charge in [0.05, 0.1) is 27.3 Å². The van der Waals surface area contributed by atoms with Gasteiger partial charge in [-0.05, 0) is 78.9 Å². The average molecular weight is 660 g/mol. The van der Waals surface area contributed by atoms with Gasteiger partial charge in [0.2, 0.25) is 8.32 Å². The first-order chi connectivity index (χ1) is 21.3. The Bertz CT molecular complexity index is 1580. The van der Waals surface area contributed by atoms with Crippen LogP contribution in [0.5, 0.6) is 0 Å². The zero-order chi connectivity index (χ0) is 32.9. The summed E-state index contributed by atoms with van der Waals surface area (Å²) in [6.45, 7) is 19.8. The van der Waals surface area contributed by atoms with Gasteiger partial charge < -0.3 is 4.43 Å². The lowest BCUT2D eigenvalue weighted by Crippen LogP contribution is -2.55. The van der Waals surface area contributed by atoms with E-state index in [4.69, 9.17) is 4.43 Å². The molecule has 4 atom stereocenters. The number of benzene rings is 4. The van der Waals surface area contributed by atoms with Gasteiger partial charge in [0.25, 0.3) is 0 Å². The third-order valence-electron chi connectivity index (χ3n) is 9.10. The van der Waals surface area contributed by atoms with E-state index < -0.39 is 41.7 Å². The van der Waals surface area contributed by atoms with E-state index in [1.54, 1.807) is 0 Å². The van der Waals surface area contributed by atoms with Crippen molar-refractivity contribution in [1.82, 2.24) is 4.72 Å². The standard InChI is InChI=1S/C38H49NO3S2Si/c1-27(2)45(28(3)4,29(5)6)42-37(35-17-13-14-18-36(35)43(40)33-23-19-30(7)20-24-33)38(9,32-15-11-10-12-16-32)39-44(41)34-25-21-31(8)22-26-34/h10-29,37,39H,1-9H3/t37-,38-,43?,44?/m0/s1. The molecule has 0 saturated carbocycles. The van der Waals surface area contributed by atoms with E-state index >= 15 is 0 Å². The molecule has 0 amide bonds. The van der Waals surface area contributed by atoms with Gasteiger partial charge in [-0.1, -0.05) is 125 Å². The van der Waals surface area contributed by atoms with E-state index in [0.717, 1.165) is 27.1 Å². The van der Waals surface area contributed by atoms with Crippen molar-refractivity contribution in [2.24, 2.45) is 0 Å². The highest BCUT2D eigenvalue weighted by Crippen LogP contribution is 2.50. The summed E-state index contributed by atoms with van der Waals surface area (Å²) in [5, 5.41) is 0. The SMILES string of the molecule is Cc1ccc(S(=O)N[C@@](C)(c2ccccc2)[C@@H](O[Si](C(C)C)(C(C)C)C(C)C)c2ccccc2S(=O)c2ccc(C)cc2)cc1. The fourth-order valence-corrected chi connectivity index (χ4v) is 14.6. The topological polar surface area (TPSA) is 55.4 Å². The first-order valence-electron chi connectivity index (χ1n) is 15.9. The molecule has 2 unspecified atom stereocenters. The van der Waals surface area contributed by atoms with Crippen molar-refractivity contribution in [2.75, 3.05) is 0 Å². The molecule has 0 aromatic heterocycles. The monoisotopic (exact) mass is 659 g/mol. The fourth-order valence-electron chi connectivity index (χ4n) is 6.72. The Hall–Kier alpha value is -2.68. The summed E-state index contributed by atoms with van der Waals surface area (Å²) in [6, 6.07) is 33.7.